The van der Waals surface area contributed by atoms with Crippen LogP contribution in [0.1, 0.15) is 5.56 Å². The van der Waals surface area contributed by atoms with Crippen molar-refractivity contribution in [3.63, 3.8) is 0 Å². The Morgan fingerprint density at radius 3 is 2.30 bits per heavy atom. The Hall–Kier alpha value is -1.03. The van der Waals surface area contributed by atoms with E-state index in [2.05, 4.69) is 89.5 Å². The van der Waals surface area contributed by atoms with Crippen LogP contribution in [0.15, 0.2) is 70.0 Å². The van der Waals surface area contributed by atoms with E-state index in [0.717, 1.165) is 11.0 Å². The van der Waals surface area contributed by atoms with Crippen molar-refractivity contribution in [2.45, 2.75) is 4.90 Å². The van der Waals surface area contributed by atoms with Crippen LogP contribution < -0.4 is 0 Å². The van der Waals surface area contributed by atoms with E-state index in [1.807, 2.05) is 17.8 Å². The smallest absolute Gasteiger partial charge is 0.0175 e. The average molecular weight is 348 g/mol. The molecule has 0 amide bonds. The normalized spacial score (nSPS) is 11.9. The summed E-state index contributed by atoms with van der Waals surface area (Å²) >= 11 is 5.30. The molecule has 0 aliphatic rings. The molecule has 2 rings (SSSR count). The van der Waals surface area contributed by atoms with Crippen molar-refractivity contribution in [2.24, 2.45) is 0 Å². The summed E-state index contributed by atoms with van der Waals surface area (Å²) in [5, 5.41) is 0. The molecule has 0 unspecified atom stereocenters. The van der Waals surface area contributed by atoms with Crippen molar-refractivity contribution in [1.82, 2.24) is 4.90 Å². The highest BCUT2D eigenvalue weighted by atomic mass is 79.9. The van der Waals surface area contributed by atoms with Gasteiger partial charge in [0, 0.05) is 20.8 Å². The summed E-state index contributed by atoms with van der Waals surface area (Å²) in [6, 6.07) is 19.0. The van der Waals surface area contributed by atoms with Gasteiger partial charge in [-0.05, 0) is 43.9 Å². The quantitative estimate of drug-likeness (QED) is 0.688. The second-order valence-corrected chi connectivity index (χ2v) is 6.78. The lowest BCUT2D eigenvalue weighted by Crippen LogP contribution is -2.10. The van der Waals surface area contributed by atoms with Gasteiger partial charge in [-0.3, -0.25) is 0 Å². The first-order valence-corrected chi connectivity index (χ1v) is 8.10. The van der Waals surface area contributed by atoms with Crippen LogP contribution in [0.4, 0.5) is 0 Å². The maximum atomic E-state index is 3.49. The minimum absolute atomic E-state index is 0.936. The van der Waals surface area contributed by atoms with Crippen LogP contribution in [0.3, 0.4) is 0 Å². The predicted molar refractivity (Wildman–Crippen MR) is 93.0 cm³/mol. The van der Waals surface area contributed by atoms with Gasteiger partial charge in [0.2, 0.25) is 0 Å². The van der Waals surface area contributed by atoms with E-state index < -0.39 is 0 Å². The maximum Gasteiger partial charge on any atom is 0.0175 e. The van der Waals surface area contributed by atoms with Gasteiger partial charge in [-0.25, -0.2) is 0 Å². The monoisotopic (exact) mass is 347 g/mol. The Balaban J connectivity index is 2.25. The summed E-state index contributed by atoms with van der Waals surface area (Å²) in [6.45, 7) is 0.936. The first-order valence-electron chi connectivity index (χ1n) is 6.49. The number of benzene rings is 2. The lowest BCUT2D eigenvalue weighted by molar-refractivity contribution is 0.457. The summed E-state index contributed by atoms with van der Waals surface area (Å²) < 4.78 is 1.11. The zero-order chi connectivity index (χ0) is 14.4. The SMILES string of the molecule is CN(C)CC=C(Sc1ccccc1)c1ccc(Br)cc1. The topological polar surface area (TPSA) is 3.24 Å². The molecular formula is C17H18BrNS. The number of hydrogen-bond acceptors (Lipinski definition) is 2. The molecule has 0 aliphatic carbocycles. The number of thioether (sulfide) groups is 1. The summed E-state index contributed by atoms with van der Waals surface area (Å²) in [6.07, 6.45) is 2.28. The fraction of sp³-hybridized carbons (Fsp3) is 0.176. The van der Waals surface area contributed by atoms with Crippen molar-refractivity contribution in [3.05, 3.63) is 70.7 Å². The zero-order valence-corrected chi connectivity index (χ0v) is 14.1. The Labute approximate surface area is 133 Å². The number of nitrogens with zero attached hydrogens (tertiary/aromatic N) is 1. The first kappa shape index (κ1) is 15.4. The molecule has 0 spiro atoms. The minimum atomic E-state index is 0.936. The Bertz CT molecular complexity index is 561. The average Bonchev–Trinajstić information content (AvgIpc) is 2.45. The molecule has 0 fully saturated rings. The molecule has 3 heteroatoms. The molecule has 0 saturated heterocycles. The molecule has 0 N–H and O–H groups in total. The predicted octanol–water partition coefficient (Wildman–Crippen LogP) is 5.14. The van der Waals surface area contributed by atoms with Gasteiger partial charge in [0.25, 0.3) is 0 Å². The van der Waals surface area contributed by atoms with Gasteiger partial charge in [0.05, 0.1) is 0 Å². The van der Waals surface area contributed by atoms with Crippen molar-refractivity contribution in [1.29, 1.82) is 0 Å². The standard InChI is InChI=1S/C17H18BrNS/c1-19(2)13-12-17(14-8-10-15(18)11-9-14)20-16-6-4-3-5-7-16/h3-12H,13H2,1-2H3. The summed E-state index contributed by atoms with van der Waals surface area (Å²) in [5.41, 5.74) is 1.25. The third-order valence-corrected chi connectivity index (χ3v) is 4.40. The van der Waals surface area contributed by atoms with Crippen molar-refractivity contribution >= 4 is 32.6 Å². The fourth-order valence-electron chi connectivity index (χ4n) is 1.71. The molecule has 0 atom stereocenters. The molecule has 0 saturated carbocycles. The minimum Gasteiger partial charge on any atom is -0.306 e. The third-order valence-electron chi connectivity index (χ3n) is 2.74. The van der Waals surface area contributed by atoms with E-state index in [1.54, 1.807) is 0 Å². The maximum absolute atomic E-state index is 3.49. The molecular weight excluding hydrogens is 330 g/mol. The zero-order valence-electron chi connectivity index (χ0n) is 11.7. The number of likely N-dealkylation sites (N-methyl/N-ethyl adjacent to an activating group) is 1. The van der Waals surface area contributed by atoms with E-state index in [0.29, 0.717) is 0 Å². The Morgan fingerprint density at radius 2 is 1.70 bits per heavy atom. The van der Waals surface area contributed by atoms with Crippen LogP contribution in [-0.4, -0.2) is 25.5 Å². The highest BCUT2D eigenvalue weighted by molar-refractivity contribution is 9.10. The van der Waals surface area contributed by atoms with E-state index in [4.69, 9.17) is 0 Å². The lowest BCUT2D eigenvalue weighted by atomic mass is 10.2. The number of rotatable bonds is 5. The molecule has 104 valence electrons. The number of hydrogen-bond donors (Lipinski definition) is 0. The van der Waals surface area contributed by atoms with Gasteiger partial charge in [-0.1, -0.05) is 64.1 Å². The molecule has 2 aromatic rings. The van der Waals surface area contributed by atoms with E-state index in [1.165, 1.54) is 15.4 Å². The molecule has 1 nitrogen and oxygen atoms in total. The molecule has 20 heavy (non-hydrogen) atoms. The van der Waals surface area contributed by atoms with E-state index in [-0.39, 0.29) is 0 Å². The van der Waals surface area contributed by atoms with Gasteiger partial charge < -0.3 is 4.90 Å². The van der Waals surface area contributed by atoms with Gasteiger partial charge in [-0.15, -0.1) is 0 Å². The Kier molecular flexibility index (Phi) is 5.89. The van der Waals surface area contributed by atoms with Crippen LogP contribution in [0.25, 0.3) is 4.91 Å². The van der Waals surface area contributed by atoms with Crippen LogP contribution in [0, 0.1) is 0 Å². The van der Waals surface area contributed by atoms with E-state index >= 15 is 0 Å². The van der Waals surface area contributed by atoms with Crippen molar-refractivity contribution < 1.29 is 0 Å². The highest BCUT2D eigenvalue weighted by Crippen LogP contribution is 2.34. The van der Waals surface area contributed by atoms with Gasteiger partial charge in [-0.2, -0.15) is 0 Å². The van der Waals surface area contributed by atoms with Gasteiger partial charge >= 0.3 is 0 Å². The van der Waals surface area contributed by atoms with Gasteiger partial charge in [0.1, 0.15) is 0 Å². The summed E-state index contributed by atoms with van der Waals surface area (Å²) in [7, 11) is 4.17. The van der Waals surface area contributed by atoms with Crippen LogP contribution in [-0.2, 0) is 0 Å². The largest absolute Gasteiger partial charge is 0.306 e. The Morgan fingerprint density at radius 1 is 1.05 bits per heavy atom. The molecule has 0 aromatic heterocycles. The summed E-state index contributed by atoms with van der Waals surface area (Å²) in [5.74, 6) is 0. The van der Waals surface area contributed by atoms with Crippen LogP contribution >= 0.6 is 27.7 Å². The lowest BCUT2D eigenvalue weighted by Gasteiger charge is -2.11. The molecule has 0 bridgehead atoms. The molecule has 0 heterocycles. The first-order chi connectivity index (χ1) is 9.65. The second kappa shape index (κ2) is 7.67. The molecule has 0 radical (unpaired) electrons. The number of halogens is 1. The van der Waals surface area contributed by atoms with Crippen LogP contribution in [0.2, 0.25) is 0 Å². The summed E-state index contributed by atoms with van der Waals surface area (Å²) in [4.78, 5) is 4.72. The van der Waals surface area contributed by atoms with Gasteiger partial charge in [0.15, 0.2) is 0 Å². The highest BCUT2D eigenvalue weighted by Gasteiger charge is 2.04. The van der Waals surface area contributed by atoms with Crippen molar-refractivity contribution in [3.8, 4) is 0 Å². The van der Waals surface area contributed by atoms with Crippen LogP contribution in [0.5, 0.6) is 0 Å². The third kappa shape index (κ3) is 4.82. The molecule has 0 aliphatic heterocycles. The molecule has 2 aromatic carbocycles. The fourth-order valence-corrected chi connectivity index (χ4v) is 2.94. The van der Waals surface area contributed by atoms with E-state index in [9.17, 15) is 0 Å². The van der Waals surface area contributed by atoms with Crippen molar-refractivity contribution in [2.75, 3.05) is 20.6 Å². The second-order valence-electron chi connectivity index (χ2n) is 4.75.